The van der Waals surface area contributed by atoms with Crippen molar-refractivity contribution in [2.45, 2.75) is 37.0 Å². The van der Waals surface area contributed by atoms with E-state index in [9.17, 15) is 8.42 Å². The lowest BCUT2D eigenvalue weighted by Crippen LogP contribution is -2.51. The first-order valence-corrected chi connectivity index (χ1v) is 14.8. The van der Waals surface area contributed by atoms with Crippen molar-refractivity contribution in [2.75, 3.05) is 26.2 Å². The average molecular weight is 620 g/mol. The summed E-state index contributed by atoms with van der Waals surface area (Å²) in [5, 5.41) is 0. The zero-order valence-corrected chi connectivity index (χ0v) is 23.5. The molecule has 5 rings (SSSR count). The number of benzene rings is 3. The summed E-state index contributed by atoms with van der Waals surface area (Å²) in [6.45, 7) is 4.77. The van der Waals surface area contributed by atoms with Crippen molar-refractivity contribution in [1.82, 2.24) is 9.21 Å². The van der Waals surface area contributed by atoms with Gasteiger partial charge < -0.3 is 4.74 Å². The van der Waals surface area contributed by atoms with E-state index >= 15 is 0 Å². The molecule has 3 aromatic carbocycles. The maximum absolute atomic E-state index is 13.2. The summed E-state index contributed by atoms with van der Waals surface area (Å²) in [4.78, 5) is 2.76. The van der Waals surface area contributed by atoms with Crippen molar-refractivity contribution >= 4 is 41.9 Å². The highest BCUT2D eigenvalue weighted by atomic mass is 79.9. The van der Waals surface area contributed by atoms with Crippen LogP contribution in [0.5, 0.6) is 0 Å². The third-order valence-electron chi connectivity index (χ3n) is 6.86. The molecule has 0 radical (unpaired) electrons. The second-order valence-corrected chi connectivity index (χ2v) is 13.0. The van der Waals surface area contributed by atoms with Crippen molar-refractivity contribution in [3.05, 3.63) is 97.9 Å². The van der Waals surface area contributed by atoms with Crippen molar-refractivity contribution in [3.8, 4) is 0 Å². The smallest absolute Gasteiger partial charge is 0.243 e. The number of halogens is 2. The van der Waals surface area contributed by atoms with Gasteiger partial charge in [-0.25, -0.2) is 8.42 Å². The molecule has 3 aromatic rings. The average Bonchev–Trinajstić information content (AvgIpc) is 3.21. The number of ether oxygens (including phenoxy) is 1. The van der Waals surface area contributed by atoms with Gasteiger partial charge in [0.2, 0.25) is 10.0 Å². The van der Waals surface area contributed by atoms with E-state index in [1.54, 1.807) is 16.4 Å². The summed E-state index contributed by atoms with van der Waals surface area (Å²) in [6.07, 6.45) is 0.878. The standard InChI is InChI=1S/C27H28Br2N2O3S/c1-19-6-8-24(9-7-19)35(32,33)31-12-10-30(11-13-31)27-25-5-3-2-4-21(25)16-26(27)34-18-20-14-22(28)17-23(29)15-20/h2-9,14-15,17,26-27H,10-13,16,18H2,1H3/t26-,27+/m1/s1. The predicted molar refractivity (Wildman–Crippen MR) is 145 cm³/mol. The molecule has 1 saturated heterocycles. The van der Waals surface area contributed by atoms with Crippen molar-refractivity contribution < 1.29 is 13.2 Å². The molecule has 0 spiro atoms. The van der Waals surface area contributed by atoms with E-state index < -0.39 is 10.0 Å². The van der Waals surface area contributed by atoms with Gasteiger partial charge in [-0.05, 0) is 53.9 Å². The molecule has 0 aromatic heterocycles. The highest BCUT2D eigenvalue weighted by Gasteiger charge is 2.39. The van der Waals surface area contributed by atoms with Gasteiger partial charge in [-0.2, -0.15) is 4.31 Å². The van der Waals surface area contributed by atoms with E-state index in [1.165, 1.54) is 11.1 Å². The fourth-order valence-corrected chi connectivity index (χ4v) is 7.91. The second kappa shape index (κ2) is 10.4. The Balaban J connectivity index is 1.31. The molecule has 184 valence electrons. The van der Waals surface area contributed by atoms with E-state index in [0.717, 1.165) is 26.5 Å². The minimum absolute atomic E-state index is 0.0189. The zero-order chi connectivity index (χ0) is 24.6. The summed E-state index contributed by atoms with van der Waals surface area (Å²) in [5.74, 6) is 0. The zero-order valence-electron chi connectivity index (χ0n) is 19.5. The highest BCUT2D eigenvalue weighted by Crippen LogP contribution is 2.39. The number of fused-ring (bicyclic) bond motifs is 1. The van der Waals surface area contributed by atoms with Crippen LogP contribution in [0.3, 0.4) is 0 Å². The van der Waals surface area contributed by atoms with Gasteiger partial charge in [0.25, 0.3) is 0 Å². The SMILES string of the molecule is Cc1ccc(S(=O)(=O)N2CCN([C@H]3c4ccccc4C[C@H]3OCc3cc(Br)cc(Br)c3)CC2)cc1. The number of piperazine rings is 1. The first-order chi connectivity index (χ1) is 16.8. The number of nitrogens with zero attached hydrogens (tertiary/aromatic N) is 2. The highest BCUT2D eigenvalue weighted by molar-refractivity contribution is 9.11. The third-order valence-corrected chi connectivity index (χ3v) is 9.69. The molecule has 2 aliphatic rings. The molecule has 1 aliphatic heterocycles. The molecular weight excluding hydrogens is 592 g/mol. The number of hydrogen-bond acceptors (Lipinski definition) is 4. The molecule has 0 bridgehead atoms. The lowest BCUT2D eigenvalue weighted by Gasteiger charge is -2.39. The Hall–Kier alpha value is -1.55. The van der Waals surface area contributed by atoms with Crippen LogP contribution in [0.4, 0.5) is 0 Å². The number of sulfonamides is 1. The fraction of sp³-hybridized carbons (Fsp3) is 0.333. The van der Waals surface area contributed by atoms with E-state index in [1.807, 2.05) is 25.1 Å². The van der Waals surface area contributed by atoms with Gasteiger partial charge in [-0.3, -0.25) is 4.90 Å². The largest absolute Gasteiger partial charge is 0.371 e. The van der Waals surface area contributed by atoms with Crippen LogP contribution in [0.25, 0.3) is 0 Å². The molecule has 8 heteroatoms. The van der Waals surface area contributed by atoms with Crippen LogP contribution < -0.4 is 0 Å². The third kappa shape index (κ3) is 5.43. The van der Waals surface area contributed by atoms with Gasteiger partial charge in [0.1, 0.15) is 0 Å². The Bertz CT molecular complexity index is 1290. The molecule has 1 fully saturated rings. The molecule has 0 unspecified atom stereocenters. The molecule has 1 heterocycles. The van der Waals surface area contributed by atoms with Crippen LogP contribution in [0.1, 0.15) is 28.3 Å². The van der Waals surface area contributed by atoms with E-state index in [4.69, 9.17) is 4.74 Å². The van der Waals surface area contributed by atoms with Crippen LogP contribution in [-0.2, 0) is 27.8 Å². The van der Waals surface area contributed by atoms with Crippen LogP contribution in [0.15, 0.2) is 80.6 Å². The van der Waals surface area contributed by atoms with Gasteiger partial charge in [-0.1, -0.05) is 73.8 Å². The summed E-state index contributed by atoms with van der Waals surface area (Å²) in [7, 11) is -3.49. The van der Waals surface area contributed by atoms with E-state index in [2.05, 4.69) is 73.2 Å². The maximum Gasteiger partial charge on any atom is 0.243 e. The Kier molecular flexibility index (Phi) is 7.49. The Labute approximate surface area is 224 Å². The summed E-state index contributed by atoms with van der Waals surface area (Å²) < 4.78 is 36.5. The quantitative estimate of drug-likeness (QED) is 0.355. The lowest BCUT2D eigenvalue weighted by molar-refractivity contribution is -0.0233. The number of rotatable bonds is 6. The topological polar surface area (TPSA) is 49.9 Å². The molecule has 2 atom stereocenters. The molecule has 0 N–H and O–H groups in total. The van der Waals surface area contributed by atoms with Crippen LogP contribution in [0.2, 0.25) is 0 Å². The van der Waals surface area contributed by atoms with Crippen LogP contribution in [0, 0.1) is 6.92 Å². The van der Waals surface area contributed by atoms with Crippen molar-refractivity contribution in [3.63, 3.8) is 0 Å². The van der Waals surface area contributed by atoms with Crippen molar-refractivity contribution in [1.29, 1.82) is 0 Å². The van der Waals surface area contributed by atoms with Crippen LogP contribution >= 0.6 is 31.9 Å². The monoisotopic (exact) mass is 618 g/mol. The number of hydrogen-bond donors (Lipinski definition) is 0. The molecule has 1 aliphatic carbocycles. The Morgan fingerprint density at radius 2 is 1.57 bits per heavy atom. The molecular formula is C27H28Br2N2O3S. The van der Waals surface area contributed by atoms with Crippen LogP contribution in [-0.4, -0.2) is 49.9 Å². The van der Waals surface area contributed by atoms with Crippen molar-refractivity contribution in [2.24, 2.45) is 0 Å². The maximum atomic E-state index is 13.2. The first-order valence-electron chi connectivity index (χ1n) is 11.8. The van der Waals surface area contributed by atoms with Gasteiger partial charge in [-0.15, -0.1) is 0 Å². The van der Waals surface area contributed by atoms with Gasteiger partial charge >= 0.3 is 0 Å². The fourth-order valence-electron chi connectivity index (χ4n) is 5.10. The molecule has 35 heavy (non-hydrogen) atoms. The Morgan fingerprint density at radius 1 is 0.914 bits per heavy atom. The summed E-state index contributed by atoms with van der Waals surface area (Å²) in [6, 6.07) is 21.9. The van der Waals surface area contributed by atoms with E-state index in [-0.39, 0.29) is 12.1 Å². The first kappa shape index (κ1) is 25.1. The lowest BCUT2D eigenvalue weighted by atomic mass is 10.1. The van der Waals surface area contributed by atoms with Gasteiger partial charge in [0.15, 0.2) is 0 Å². The molecule has 0 amide bonds. The number of aryl methyl sites for hydroxylation is 1. The minimum Gasteiger partial charge on any atom is -0.371 e. The normalized spacial score (nSPS) is 21.2. The van der Waals surface area contributed by atoms with E-state index in [0.29, 0.717) is 37.7 Å². The summed E-state index contributed by atoms with van der Waals surface area (Å²) >= 11 is 7.12. The minimum atomic E-state index is -3.49. The Morgan fingerprint density at radius 3 is 2.26 bits per heavy atom. The van der Waals surface area contributed by atoms with Gasteiger partial charge in [0.05, 0.1) is 23.6 Å². The summed E-state index contributed by atoms with van der Waals surface area (Å²) in [5.41, 5.74) is 4.76. The second-order valence-electron chi connectivity index (χ2n) is 9.23. The van der Waals surface area contributed by atoms with Gasteiger partial charge in [0, 0.05) is 41.5 Å². The molecule has 5 nitrogen and oxygen atoms in total. The predicted octanol–water partition coefficient (Wildman–Crippen LogP) is 5.71. The molecule has 0 saturated carbocycles.